The first-order chi connectivity index (χ1) is 17.0. The smallest absolute Gasteiger partial charge is 0.407 e. The van der Waals surface area contributed by atoms with E-state index in [9.17, 15) is 14.4 Å². The summed E-state index contributed by atoms with van der Waals surface area (Å²) in [6, 6.07) is 18.9. The molecule has 4 rings (SSSR count). The standard InChI is InChI=1S/C27H28N2O5S/c1-2-29(16-18-8-7-15-35-18)26(32)24(13-14-25(30)31)28-27(33)34-17-23-21-11-5-3-9-19(21)20-10-4-6-12-22(20)23/h3-12,15,23-24H,2,13-14,16-17H2,1H3,(H,28,33)(H,30,31). The fourth-order valence-corrected chi connectivity index (χ4v) is 5.18. The van der Waals surface area contributed by atoms with Gasteiger partial charge in [0.25, 0.3) is 0 Å². The van der Waals surface area contributed by atoms with Crippen LogP contribution in [0.3, 0.4) is 0 Å². The van der Waals surface area contributed by atoms with Crippen LogP contribution in [0.15, 0.2) is 66.0 Å². The Morgan fingerprint density at radius 1 is 1.03 bits per heavy atom. The van der Waals surface area contributed by atoms with Crippen LogP contribution in [0.25, 0.3) is 11.1 Å². The fraction of sp³-hybridized carbons (Fsp3) is 0.296. The number of rotatable bonds is 10. The minimum Gasteiger partial charge on any atom is -0.481 e. The molecule has 7 nitrogen and oxygen atoms in total. The van der Waals surface area contributed by atoms with E-state index in [1.807, 2.05) is 60.8 Å². The number of nitrogens with one attached hydrogen (secondary N) is 1. The van der Waals surface area contributed by atoms with Crippen molar-refractivity contribution in [3.05, 3.63) is 82.0 Å². The molecule has 8 heteroatoms. The van der Waals surface area contributed by atoms with Crippen LogP contribution in [0.2, 0.25) is 0 Å². The lowest BCUT2D eigenvalue weighted by molar-refractivity contribution is -0.138. The number of benzene rings is 2. The number of hydrogen-bond acceptors (Lipinski definition) is 5. The molecular weight excluding hydrogens is 464 g/mol. The number of carbonyl (C=O) groups is 3. The lowest BCUT2D eigenvalue weighted by atomic mass is 9.98. The highest BCUT2D eigenvalue weighted by Gasteiger charge is 2.30. The van der Waals surface area contributed by atoms with Gasteiger partial charge in [-0.2, -0.15) is 0 Å². The number of ether oxygens (including phenoxy) is 1. The first kappa shape index (κ1) is 24.5. The van der Waals surface area contributed by atoms with Crippen molar-refractivity contribution in [3.8, 4) is 11.1 Å². The number of fused-ring (bicyclic) bond motifs is 3. The number of likely N-dealkylation sites (N-methyl/N-ethyl adjacent to an activating group) is 1. The molecule has 1 aliphatic rings. The van der Waals surface area contributed by atoms with Crippen LogP contribution in [-0.2, 0) is 20.9 Å². The first-order valence-electron chi connectivity index (χ1n) is 11.6. The lowest BCUT2D eigenvalue weighted by Crippen LogP contribution is -2.48. The Bertz CT molecular complexity index is 1150. The van der Waals surface area contributed by atoms with Crippen molar-refractivity contribution in [2.24, 2.45) is 0 Å². The van der Waals surface area contributed by atoms with Gasteiger partial charge in [-0.05, 0) is 47.0 Å². The van der Waals surface area contributed by atoms with E-state index in [0.717, 1.165) is 27.1 Å². The molecule has 35 heavy (non-hydrogen) atoms. The van der Waals surface area contributed by atoms with Crippen LogP contribution in [0.5, 0.6) is 0 Å². The van der Waals surface area contributed by atoms with Gasteiger partial charge in [0, 0.05) is 23.8 Å². The third kappa shape index (κ3) is 5.71. The molecule has 1 aliphatic carbocycles. The highest BCUT2D eigenvalue weighted by atomic mass is 32.1. The second-order valence-electron chi connectivity index (χ2n) is 8.39. The quantitative estimate of drug-likeness (QED) is 0.421. The van der Waals surface area contributed by atoms with Crippen molar-refractivity contribution in [2.75, 3.05) is 13.2 Å². The molecule has 182 valence electrons. The van der Waals surface area contributed by atoms with Gasteiger partial charge in [0.15, 0.2) is 0 Å². The Labute approximate surface area is 208 Å². The summed E-state index contributed by atoms with van der Waals surface area (Å²) in [7, 11) is 0. The number of carbonyl (C=O) groups excluding carboxylic acids is 2. The zero-order valence-corrected chi connectivity index (χ0v) is 20.3. The van der Waals surface area contributed by atoms with Gasteiger partial charge in [0.1, 0.15) is 12.6 Å². The highest BCUT2D eigenvalue weighted by Crippen LogP contribution is 2.44. The highest BCUT2D eigenvalue weighted by molar-refractivity contribution is 7.09. The second kappa shape index (κ2) is 11.2. The van der Waals surface area contributed by atoms with Gasteiger partial charge in [0.05, 0.1) is 6.54 Å². The van der Waals surface area contributed by atoms with E-state index >= 15 is 0 Å². The van der Waals surface area contributed by atoms with Crippen LogP contribution in [-0.4, -0.2) is 47.2 Å². The van der Waals surface area contributed by atoms with Gasteiger partial charge >= 0.3 is 12.1 Å². The fourth-order valence-electron chi connectivity index (χ4n) is 4.46. The largest absolute Gasteiger partial charge is 0.481 e. The minimum absolute atomic E-state index is 0.0146. The van der Waals surface area contributed by atoms with E-state index in [0.29, 0.717) is 13.1 Å². The number of nitrogens with zero attached hydrogens (tertiary/aromatic N) is 1. The summed E-state index contributed by atoms with van der Waals surface area (Å²) in [5.41, 5.74) is 4.43. The van der Waals surface area contributed by atoms with E-state index < -0.39 is 18.1 Å². The molecule has 1 unspecified atom stereocenters. The molecule has 0 spiro atoms. The van der Waals surface area contributed by atoms with E-state index in [-0.39, 0.29) is 31.3 Å². The van der Waals surface area contributed by atoms with E-state index in [4.69, 9.17) is 9.84 Å². The molecule has 0 bridgehead atoms. The SMILES string of the molecule is CCN(Cc1cccs1)C(=O)C(CCC(=O)O)NC(=O)OCC1c2ccccc2-c2ccccc21. The Morgan fingerprint density at radius 3 is 2.26 bits per heavy atom. The topological polar surface area (TPSA) is 95.9 Å². The summed E-state index contributed by atoms with van der Waals surface area (Å²) in [6.45, 7) is 2.81. The van der Waals surface area contributed by atoms with Crippen LogP contribution >= 0.6 is 11.3 Å². The molecule has 0 aliphatic heterocycles. The van der Waals surface area contributed by atoms with E-state index in [1.54, 1.807) is 4.90 Å². The molecule has 3 aromatic rings. The first-order valence-corrected chi connectivity index (χ1v) is 12.5. The molecule has 0 saturated carbocycles. The number of alkyl carbamates (subject to hydrolysis) is 1. The summed E-state index contributed by atoms with van der Waals surface area (Å²) in [5, 5.41) is 13.7. The summed E-state index contributed by atoms with van der Waals surface area (Å²) >= 11 is 1.54. The Balaban J connectivity index is 1.43. The van der Waals surface area contributed by atoms with Crippen molar-refractivity contribution >= 4 is 29.3 Å². The normalized spacial score (nSPS) is 12.9. The lowest BCUT2D eigenvalue weighted by Gasteiger charge is -2.26. The Kier molecular flexibility index (Phi) is 7.82. The molecule has 1 atom stereocenters. The Hall–Kier alpha value is -3.65. The molecule has 0 fully saturated rings. The number of carboxylic acids is 1. The van der Waals surface area contributed by atoms with Gasteiger partial charge in [-0.25, -0.2) is 4.79 Å². The number of hydrogen-bond donors (Lipinski definition) is 2. The van der Waals surface area contributed by atoms with Gasteiger partial charge in [-0.15, -0.1) is 11.3 Å². The van der Waals surface area contributed by atoms with Crippen LogP contribution in [0.4, 0.5) is 4.79 Å². The summed E-state index contributed by atoms with van der Waals surface area (Å²) in [4.78, 5) is 39.8. The third-order valence-electron chi connectivity index (χ3n) is 6.20. The van der Waals surface area contributed by atoms with Crippen molar-refractivity contribution in [1.29, 1.82) is 0 Å². The van der Waals surface area contributed by atoms with Crippen LogP contribution in [0, 0.1) is 0 Å². The van der Waals surface area contributed by atoms with Gasteiger partial charge < -0.3 is 20.1 Å². The number of thiophene rings is 1. The summed E-state index contributed by atoms with van der Waals surface area (Å²) < 4.78 is 5.58. The monoisotopic (exact) mass is 492 g/mol. The van der Waals surface area contributed by atoms with E-state index in [1.165, 1.54) is 11.3 Å². The molecule has 2 amide bonds. The third-order valence-corrected chi connectivity index (χ3v) is 7.06. The molecule has 0 radical (unpaired) electrons. The predicted molar refractivity (Wildman–Crippen MR) is 134 cm³/mol. The van der Waals surface area contributed by atoms with Crippen molar-refractivity contribution in [3.63, 3.8) is 0 Å². The molecule has 0 saturated heterocycles. The molecule has 2 N–H and O–H groups in total. The summed E-state index contributed by atoms with van der Waals surface area (Å²) in [5.74, 6) is -1.46. The average molecular weight is 493 g/mol. The maximum Gasteiger partial charge on any atom is 0.407 e. The Morgan fingerprint density at radius 2 is 1.69 bits per heavy atom. The molecule has 1 heterocycles. The number of amides is 2. The predicted octanol–water partition coefficient (Wildman–Crippen LogP) is 4.87. The van der Waals surface area contributed by atoms with E-state index in [2.05, 4.69) is 17.4 Å². The number of carboxylic acid groups (broad SMARTS) is 1. The number of aliphatic carboxylic acids is 1. The maximum absolute atomic E-state index is 13.2. The van der Waals surface area contributed by atoms with Crippen molar-refractivity contribution < 1.29 is 24.2 Å². The minimum atomic E-state index is -1.03. The maximum atomic E-state index is 13.2. The van der Waals surface area contributed by atoms with Crippen molar-refractivity contribution in [1.82, 2.24) is 10.2 Å². The molecule has 1 aromatic heterocycles. The average Bonchev–Trinajstić information content (AvgIpc) is 3.49. The zero-order chi connectivity index (χ0) is 24.8. The molecular formula is C27H28N2O5S. The van der Waals surface area contributed by atoms with Crippen LogP contribution < -0.4 is 5.32 Å². The van der Waals surface area contributed by atoms with Gasteiger partial charge in [0.2, 0.25) is 5.91 Å². The zero-order valence-electron chi connectivity index (χ0n) is 19.5. The van der Waals surface area contributed by atoms with Gasteiger partial charge in [-0.3, -0.25) is 9.59 Å². The molecule has 2 aromatic carbocycles. The van der Waals surface area contributed by atoms with Gasteiger partial charge in [-0.1, -0.05) is 54.6 Å². The summed E-state index contributed by atoms with van der Waals surface area (Å²) in [6.07, 6.45) is -0.988. The van der Waals surface area contributed by atoms with Crippen LogP contribution in [0.1, 0.15) is 41.7 Å². The second-order valence-corrected chi connectivity index (χ2v) is 9.42. The van der Waals surface area contributed by atoms with Crippen molar-refractivity contribution in [2.45, 2.75) is 38.3 Å².